The van der Waals surface area contributed by atoms with E-state index in [9.17, 15) is 18.0 Å². The third-order valence-corrected chi connectivity index (χ3v) is 2.25. The van der Waals surface area contributed by atoms with Crippen molar-refractivity contribution in [2.75, 3.05) is 0 Å². The number of hydrogen-bond acceptors (Lipinski definition) is 2. The van der Waals surface area contributed by atoms with Gasteiger partial charge in [0, 0.05) is 6.54 Å². The molecule has 2 aromatic rings. The number of fused-ring (bicyclic) bond motifs is 1. The van der Waals surface area contributed by atoms with Crippen LogP contribution < -0.4 is 11.4 Å². The van der Waals surface area contributed by atoms with Gasteiger partial charge in [0.15, 0.2) is 0 Å². The molecule has 1 aromatic heterocycles. The van der Waals surface area contributed by atoms with Crippen LogP contribution in [0.15, 0.2) is 16.9 Å². The van der Waals surface area contributed by atoms with Gasteiger partial charge in [-0.2, -0.15) is 13.2 Å². The molecule has 0 amide bonds. The summed E-state index contributed by atoms with van der Waals surface area (Å²) >= 11 is 0. The highest BCUT2D eigenvalue weighted by molar-refractivity contribution is 5.79. The first kappa shape index (κ1) is 10.7. The minimum Gasteiger partial charge on any atom is -0.326 e. The molecule has 2 rings (SSSR count). The highest BCUT2D eigenvalue weighted by Crippen LogP contribution is 2.31. The number of aromatic nitrogens is 2. The fourth-order valence-electron chi connectivity index (χ4n) is 1.54. The zero-order valence-corrected chi connectivity index (χ0v) is 7.98. The fraction of sp³-hybridized carbons (Fsp3) is 0.222. The summed E-state index contributed by atoms with van der Waals surface area (Å²) in [6, 6.07) is 1.82. The lowest BCUT2D eigenvalue weighted by Crippen LogP contribution is -2.07. The van der Waals surface area contributed by atoms with E-state index >= 15 is 0 Å². The minimum atomic E-state index is -4.45. The Hall–Kier alpha value is -1.76. The first-order chi connectivity index (χ1) is 7.41. The number of nitrogens with two attached hydrogens (primary N) is 1. The molecule has 0 spiro atoms. The molecule has 1 aromatic carbocycles. The van der Waals surface area contributed by atoms with Crippen LogP contribution in [0, 0.1) is 0 Å². The summed E-state index contributed by atoms with van der Waals surface area (Å²) in [6.07, 6.45) is -4.45. The van der Waals surface area contributed by atoms with E-state index in [0.717, 1.165) is 12.1 Å². The van der Waals surface area contributed by atoms with Crippen LogP contribution in [0.3, 0.4) is 0 Å². The fourth-order valence-corrected chi connectivity index (χ4v) is 1.54. The van der Waals surface area contributed by atoms with Crippen molar-refractivity contribution in [3.63, 3.8) is 0 Å². The number of nitrogens with one attached hydrogen (secondary N) is 2. The molecule has 0 saturated heterocycles. The van der Waals surface area contributed by atoms with Crippen LogP contribution in [0.5, 0.6) is 0 Å². The topological polar surface area (TPSA) is 74.7 Å². The van der Waals surface area contributed by atoms with Gasteiger partial charge in [-0.1, -0.05) is 0 Å². The number of imidazole rings is 1. The number of halogens is 3. The van der Waals surface area contributed by atoms with Gasteiger partial charge < -0.3 is 15.7 Å². The van der Waals surface area contributed by atoms with Crippen LogP contribution in [-0.4, -0.2) is 9.97 Å². The molecular weight excluding hydrogens is 223 g/mol. The van der Waals surface area contributed by atoms with Crippen molar-refractivity contribution < 1.29 is 13.2 Å². The number of H-pyrrole nitrogens is 2. The minimum absolute atomic E-state index is 0.0752. The van der Waals surface area contributed by atoms with Crippen LogP contribution in [0.1, 0.15) is 11.1 Å². The first-order valence-corrected chi connectivity index (χ1v) is 4.44. The van der Waals surface area contributed by atoms with Crippen LogP contribution in [0.4, 0.5) is 13.2 Å². The van der Waals surface area contributed by atoms with Crippen molar-refractivity contribution in [2.45, 2.75) is 12.7 Å². The van der Waals surface area contributed by atoms with E-state index in [1.165, 1.54) is 0 Å². The van der Waals surface area contributed by atoms with Crippen molar-refractivity contribution in [1.82, 2.24) is 9.97 Å². The molecule has 16 heavy (non-hydrogen) atoms. The lowest BCUT2D eigenvalue weighted by molar-refractivity contribution is -0.137. The summed E-state index contributed by atoms with van der Waals surface area (Å²) in [7, 11) is 0. The van der Waals surface area contributed by atoms with Gasteiger partial charge in [0.05, 0.1) is 16.6 Å². The Kier molecular flexibility index (Phi) is 2.27. The van der Waals surface area contributed by atoms with Crippen LogP contribution in [0.25, 0.3) is 11.0 Å². The van der Waals surface area contributed by atoms with E-state index in [1.807, 2.05) is 0 Å². The SMILES string of the molecule is NCc1cc(C(F)(F)F)cc2[nH]c(=O)[nH]c12. The van der Waals surface area contributed by atoms with E-state index in [-0.39, 0.29) is 17.6 Å². The predicted octanol–water partition coefficient (Wildman–Crippen LogP) is 1.33. The number of hydrogen-bond donors (Lipinski definition) is 3. The summed E-state index contributed by atoms with van der Waals surface area (Å²) in [5.41, 5.74) is 4.64. The quantitative estimate of drug-likeness (QED) is 0.692. The van der Waals surface area contributed by atoms with E-state index in [2.05, 4.69) is 9.97 Å². The monoisotopic (exact) mass is 231 g/mol. The molecular formula is C9H8F3N3O. The molecule has 0 aliphatic heterocycles. The summed E-state index contributed by atoms with van der Waals surface area (Å²) in [4.78, 5) is 15.7. The molecule has 0 aliphatic carbocycles. The van der Waals surface area contributed by atoms with Crippen molar-refractivity contribution in [2.24, 2.45) is 5.73 Å². The maximum atomic E-state index is 12.5. The molecule has 4 nitrogen and oxygen atoms in total. The third-order valence-electron chi connectivity index (χ3n) is 2.25. The summed E-state index contributed by atoms with van der Waals surface area (Å²) < 4.78 is 37.5. The second-order valence-corrected chi connectivity index (χ2v) is 3.34. The largest absolute Gasteiger partial charge is 0.416 e. The van der Waals surface area contributed by atoms with Crippen molar-refractivity contribution in [3.8, 4) is 0 Å². The van der Waals surface area contributed by atoms with Gasteiger partial charge in [0.2, 0.25) is 0 Å². The normalized spacial score (nSPS) is 12.2. The maximum absolute atomic E-state index is 12.5. The smallest absolute Gasteiger partial charge is 0.326 e. The number of benzene rings is 1. The average molecular weight is 231 g/mol. The second-order valence-electron chi connectivity index (χ2n) is 3.34. The maximum Gasteiger partial charge on any atom is 0.416 e. The standard InChI is InChI=1S/C9H8F3N3O/c10-9(11,12)5-1-4(3-13)7-6(2-5)14-8(16)15-7/h1-2H,3,13H2,(H2,14,15,16). The van der Waals surface area contributed by atoms with E-state index < -0.39 is 17.4 Å². The number of aromatic amines is 2. The van der Waals surface area contributed by atoms with Crippen LogP contribution >= 0.6 is 0 Å². The predicted molar refractivity (Wildman–Crippen MR) is 51.8 cm³/mol. The van der Waals surface area contributed by atoms with Gasteiger partial charge in [0.25, 0.3) is 0 Å². The van der Waals surface area contributed by atoms with E-state index in [4.69, 9.17) is 5.73 Å². The molecule has 0 aliphatic rings. The Labute approximate surface area is 87.3 Å². The van der Waals surface area contributed by atoms with E-state index in [1.54, 1.807) is 0 Å². The zero-order valence-electron chi connectivity index (χ0n) is 7.98. The van der Waals surface area contributed by atoms with Crippen molar-refractivity contribution in [3.05, 3.63) is 33.7 Å². The molecule has 0 atom stereocenters. The highest BCUT2D eigenvalue weighted by Gasteiger charge is 2.31. The Morgan fingerprint density at radius 2 is 1.94 bits per heavy atom. The lowest BCUT2D eigenvalue weighted by atomic mass is 10.1. The molecule has 0 bridgehead atoms. The lowest BCUT2D eigenvalue weighted by Gasteiger charge is -2.08. The van der Waals surface area contributed by atoms with Gasteiger partial charge in [-0.25, -0.2) is 4.79 Å². The zero-order chi connectivity index (χ0) is 11.9. The van der Waals surface area contributed by atoms with Gasteiger partial charge in [-0.15, -0.1) is 0 Å². The van der Waals surface area contributed by atoms with Gasteiger partial charge in [-0.3, -0.25) is 0 Å². The van der Waals surface area contributed by atoms with Gasteiger partial charge in [0.1, 0.15) is 0 Å². The molecule has 1 heterocycles. The summed E-state index contributed by atoms with van der Waals surface area (Å²) in [5, 5.41) is 0. The molecule has 0 saturated carbocycles. The van der Waals surface area contributed by atoms with Gasteiger partial charge in [-0.05, 0) is 17.7 Å². The number of alkyl halides is 3. The highest BCUT2D eigenvalue weighted by atomic mass is 19.4. The second kappa shape index (κ2) is 3.38. The Morgan fingerprint density at radius 1 is 1.25 bits per heavy atom. The number of rotatable bonds is 1. The van der Waals surface area contributed by atoms with Crippen LogP contribution in [0.2, 0.25) is 0 Å². The molecule has 0 fully saturated rings. The molecule has 86 valence electrons. The Morgan fingerprint density at radius 3 is 2.50 bits per heavy atom. The van der Waals surface area contributed by atoms with Crippen molar-refractivity contribution in [1.29, 1.82) is 0 Å². The molecule has 0 unspecified atom stereocenters. The Bertz CT molecular complexity index is 582. The third kappa shape index (κ3) is 1.69. The Balaban J connectivity index is 2.77. The van der Waals surface area contributed by atoms with Crippen LogP contribution in [-0.2, 0) is 12.7 Å². The molecule has 0 radical (unpaired) electrons. The van der Waals surface area contributed by atoms with E-state index in [0.29, 0.717) is 5.52 Å². The molecule has 7 heteroatoms. The summed E-state index contributed by atoms with van der Waals surface area (Å²) in [5.74, 6) is 0. The van der Waals surface area contributed by atoms with Gasteiger partial charge >= 0.3 is 11.9 Å². The van der Waals surface area contributed by atoms with Crippen molar-refractivity contribution >= 4 is 11.0 Å². The molecule has 4 N–H and O–H groups in total. The average Bonchev–Trinajstić information content (AvgIpc) is 2.54. The summed E-state index contributed by atoms with van der Waals surface area (Å²) in [6.45, 7) is -0.0752. The first-order valence-electron chi connectivity index (χ1n) is 4.44.